The Kier molecular flexibility index (Phi) is 5.08. The Hall–Kier alpha value is -1.26. The molecule has 1 atom stereocenters. The third-order valence-electron chi connectivity index (χ3n) is 2.85. The molecule has 5 nitrogen and oxygen atoms in total. The first-order valence-electron chi connectivity index (χ1n) is 5.91. The molecule has 0 saturated carbocycles. The molecule has 16 heavy (non-hydrogen) atoms. The van der Waals surface area contributed by atoms with Crippen molar-refractivity contribution in [1.29, 1.82) is 0 Å². The molecule has 0 aliphatic carbocycles. The molecule has 2 N–H and O–H groups in total. The van der Waals surface area contributed by atoms with Gasteiger partial charge < -0.3 is 15.3 Å². The summed E-state index contributed by atoms with van der Waals surface area (Å²) in [5, 5.41) is 11.6. The Bertz CT molecular complexity index is 256. The molecule has 1 saturated heterocycles. The highest BCUT2D eigenvalue weighted by Crippen LogP contribution is 2.19. The number of hydrogen-bond donors (Lipinski definition) is 2. The van der Waals surface area contributed by atoms with Gasteiger partial charge in [0.25, 0.3) is 0 Å². The molecule has 1 aliphatic heterocycles. The fraction of sp³-hybridized carbons (Fsp3) is 0.818. The zero-order valence-corrected chi connectivity index (χ0v) is 9.74. The molecular weight excluding hydrogens is 208 g/mol. The fourth-order valence-corrected chi connectivity index (χ4v) is 1.99. The Morgan fingerprint density at radius 1 is 1.50 bits per heavy atom. The maximum atomic E-state index is 11.7. The average Bonchev–Trinajstić information content (AvgIpc) is 2.65. The Morgan fingerprint density at radius 3 is 2.88 bits per heavy atom. The highest BCUT2D eigenvalue weighted by Gasteiger charge is 2.29. The number of hydrogen-bond acceptors (Lipinski definition) is 2. The van der Waals surface area contributed by atoms with Gasteiger partial charge in [0.05, 0.1) is 6.42 Å². The number of likely N-dealkylation sites (tertiary alicyclic amines) is 1. The lowest BCUT2D eigenvalue weighted by atomic mass is 10.1. The van der Waals surface area contributed by atoms with Crippen LogP contribution in [0.1, 0.15) is 39.0 Å². The van der Waals surface area contributed by atoms with Gasteiger partial charge in [-0.15, -0.1) is 0 Å². The summed E-state index contributed by atoms with van der Waals surface area (Å²) < 4.78 is 0. The van der Waals surface area contributed by atoms with Crippen molar-refractivity contribution in [1.82, 2.24) is 10.2 Å². The molecule has 0 aromatic rings. The number of rotatable bonds is 5. The maximum absolute atomic E-state index is 11.7. The van der Waals surface area contributed by atoms with Crippen LogP contribution in [0.15, 0.2) is 0 Å². The minimum absolute atomic E-state index is 0.0567. The number of nitrogens with one attached hydrogen (secondary N) is 1. The van der Waals surface area contributed by atoms with Crippen LogP contribution in [0, 0.1) is 0 Å². The van der Waals surface area contributed by atoms with Crippen molar-refractivity contribution in [2.75, 3.05) is 13.1 Å². The predicted octanol–water partition coefficient (Wildman–Crippen LogP) is 1.44. The minimum atomic E-state index is -0.835. The van der Waals surface area contributed by atoms with Crippen molar-refractivity contribution in [3.05, 3.63) is 0 Å². The summed E-state index contributed by atoms with van der Waals surface area (Å²) in [7, 11) is 0. The lowest BCUT2D eigenvalue weighted by Gasteiger charge is -2.23. The van der Waals surface area contributed by atoms with Crippen LogP contribution in [-0.2, 0) is 4.79 Å². The van der Waals surface area contributed by atoms with Crippen LogP contribution in [0.25, 0.3) is 0 Å². The summed E-state index contributed by atoms with van der Waals surface area (Å²) in [6, 6.07) is -0.240. The molecule has 1 unspecified atom stereocenters. The van der Waals surface area contributed by atoms with Crippen molar-refractivity contribution in [2.45, 2.75) is 45.1 Å². The van der Waals surface area contributed by atoms with Crippen molar-refractivity contribution < 1.29 is 14.7 Å². The molecule has 1 aliphatic rings. The van der Waals surface area contributed by atoms with E-state index in [0.717, 1.165) is 25.7 Å². The number of carboxylic acids is 1. The van der Waals surface area contributed by atoms with E-state index in [-0.39, 0.29) is 18.5 Å². The van der Waals surface area contributed by atoms with Crippen molar-refractivity contribution in [2.24, 2.45) is 0 Å². The third-order valence-corrected chi connectivity index (χ3v) is 2.85. The van der Waals surface area contributed by atoms with Crippen LogP contribution in [0.3, 0.4) is 0 Å². The first-order valence-corrected chi connectivity index (χ1v) is 5.91. The van der Waals surface area contributed by atoms with E-state index in [1.807, 2.05) is 0 Å². The molecule has 2 amide bonds. The highest BCUT2D eigenvalue weighted by molar-refractivity contribution is 5.76. The maximum Gasteiger partial charge on any atom is 0.317 e. The number of unbranched alkanes of at least 4 members (excludes halogenated alkanes) is 1. The summed E-state index contributed by atoms with van der Waals surface area (Å²) in [5.74, 6) is -0.835. The van der Waals surface area contributed by atoms with Crippen LogP contribution in [-0.4, -0.2) is 41.1 Å². The predicted molar refractivity (Wildman–Crippen MR) is 60.3 cm³/mol. The van der Waals surface area contributed by atoms with E-state index in [0.29, 0.717) is 13.1 Å². The monoisotopic (exact) mass is 228 g/mol. The molecule has 1 fully saturated rings. The van der Waals surface area contributed by atoms with Crippen molar-refractivity contribution in [3.63, 3.8) is 0 Å². The Morgan fingerprint density at radius 2 is 2.25 bits per heavy atom. The zero-order valence-electron chi connectivity index (χ0n) is 9.74. The Balaban J connectivity index is 2.38. The molecule has 0 aromatic heterocycles. The van der Waals surface area contributed by atoms with Gasteiger partial charge in [-0.2, -0.15) is 0 Å². The van der Waals surface area contributed by atoms with Crippen LogP contribution in [0.2, 0.25) is 0 Å². The van der Waals surface area contributed by atoms with Gasteiger partial charge in [0.15, 0.2) is 0 Å². The summed E-state index contributed by atoms with van der Waals surface area (Å²) in [5.41, 5.74) is 0. The lowest BCUT2D eigenvalue weighted by Crippen LogP contribution is -2.43. The number of carbonyl (C=O) groups excluding carboxylic acids is 1. The average molecular weight is 228 g/mol. The zero-order chi connectivity index (χ0) is 12.0. The Labute approximate surface area is 95.8 Å². The number of carboxylic acid groups (broad SMARTS) is 1. The quantitative estimate of drug-likeness (QED) is 0.699. The smallest absolute Gasteiger partial charge is 0.317 e. The van der Waals surface area contributed by atoms with E-state index in [4.69, 9.17) is 5.11 Å². The highest BCUT2D eigenvalue weighted by atomic mass is 16.4. The second-order valence-electron chi connectivity index (χ2n) is 4.17. The van der Waals surface area contributed by atoms with Crippen molar-refractivity contribution in [3.8, 4) is 0 Å². The summed E-state index contributed by atoms with van der Waals surface area (Å²) in [4.78, 5) is 24.0. The van der Waals surface area contributed by atoms with Crippen LogP contribution in [0.4, 0.5) is 4.79 Å². The van der Waals surface area contributed by atoms with E-state index in [2.05, 4.69) is 12.2 Å². The molecule has 0 aromatic carbocycles. The summed E-state index contributed by atoms with van der Waals surface area (Å²) in [6.45, 7) is 3.41. The lowest BCUT2D eigenvalue weighted by molar-refractivity contribution is -0.137. The van der Waals surface area contributed by atoms with Gasteiger partial charge in [-0.25, -0.2) is 4.79 Å². The molecule has 92 valence electrons. The molecule has 0 radical (unpaired) electrons. The summed E-state index contributed by atoms with van der Waals surface area (Å²) in [6.07, 6.45) is 3.76. The van der Waals surface area contributed by atoms with E-state index in [1.165, 1.54) is 0 Å². The van der Waals surface area contributed by atoms with E-state index in [9.17, 15) is 9.59 Å². The number of carbonyl (C=O) groups is 2. The molecule has 0 bridgehead atoms. The largest absolute Gasteiger partial charge is 0.481 e. The van der Waals surface area contributed by atoms with Gasteiger partial charge in [0.1, 0.15) is 0 Å². The second kappa shape index (κ2) is 6.35. The van der Waals surface area contributed by atoms with Crippen LogP contribution < -0.4 is 5.32 Å². The third kappa shape index (κ3) is 3.72. The molecule has 5 heteroatoms. The van der Waals surface area contributed by atoms with Gasteiger partial charge in [0, 0.05) is 19.1 Å². The number of nitrogens with zero attached hydrogens (tertiary/aromatic N) is 1. The van der Waals surface area contributed by atoms with Gasteiger partial charge in [-0.3, -0.25) is 4.79 Å². The fourth-order valence-electron chi connectivity index (χ4n) is 1.99. The number of urea groups is 1. The first-order chi connectivity index (χ1) is 7.65. The first kappa shape index (κ1) is 12.8. The van der Waals surface area contributed by atoms with Gasteiger partial charge in [-0.1, -0.05) is 13.3 Å². The van der Waals surface area contributed by atoms with Crippen molar-refractivity contribution >= 4 is 12.0 Å². The SMILES string of the molecule is CCCCNC(=O)N1CCCC1CC(=O)O. The van der Waals surface area contributed by atoms with E-state index >= 15 is 0 Å². The molecule has 0 spiro atoms. The van der Waals surface area contributed by atoms with Crippen LogP contribution in [0.5, 0.6) is 0 Å². The number of aliphatic carboxylic acids is 1. The van der Waals surface area contributed by atoms with Gasteiger partial charge >= 0.3 is 12.0 Å². The van der Waals surface area contributed by atoms with E-state index in [1.54, 1.807) is 4.90 Å². The molecule has 1 heterocycles. The normalized spacial score (nSPS) is 19.8. The van der Waals surface area contributed by atoms with Gasteiger partial charge in [0.2, 0.25) is 0 Å². The van der Waals surface area contributed by atoms with Crippen LogP contribution >= 0.6 is 0 Å². The minimum Gasteiger partial charge on any atom is -0.481 e. The van der Waals surface area contributed by atoms with E-state index < -0.39 is 5.97 Å². The second-order valence-corrected chi connectivity index (χ2v) is 4.17. The topological polar surface area (TPSA) is 69.6 Å². The molecular formula is C11H20N2O3. The summed E-state index contributed by atoms with van der Waals surface area (Å²) >= 11 is 0. The molecule has 1 rings (SSSR count). The standard InChI is InChI=1S/C11H20N2O3/c1-2-3-6-12-11(16)13-7-4-5-9(13)8-10(14)15/h9H,2-8H2,1H3,(H,12,16)(H,14,15). The van der Waals surface area contributed by atoms with Gasteiger partial charge in [-0.05, 0) is 19.3 Å². The number of amides is 2.